The van der Waals surface area contributed by atoms with Gasteiger partial charge in [0.15, 0.2) is 0 Å². The summed E-state index contributed by atoms with van der Waals surface area (Å²) in [5.74, 6) is 2.28. The third-order valence-electron chi connectivity index (χ3n) is 5.44. The molecule has 3 rings (SSSR count). The number of carbonyl (C=O) groups is 1. The van der Waals surface area contributed by atoms with E-state index in [1.165, 1.54) is 12.8 Å². The molecule has 1 aromatic rings. The molecule has 1 aliphatic heterocycles. The van der Waals surface area contributed by atoms with E-state index in [9.17, 15) is 4.79 Å². The Morgan fingerprint density at radius 1 is 1.32 bits per heavy atom. The minimum atomic E-state index is -0.196. The summed E-state index contributed by atoms with van der Waals surface area (Å²) in [6.45, 7) is 4.30. The van der Waals surface area contributed by atoms with Crippen molar-refractivity contribution in [2.45, 2.75) is 38.7 Å². The Kier molecular flexibility index (Phi) is 6.96. The van der Waals surface area contributed by atoms with E-state index in [1.54, 1.807) is 7.11 Å². The average Bonchev–Trinajstić information content (AvgIpc) is 3.05. The lowest BCUT2D eigenvalue weighted by Crippen LogP contribution is -2.49. The van der Waals surface area contributed by atoms with Crippen molar-refractivity contribution in [3.63, 3.8) is 0 Å². The minimum Gasteiger partial charge on any atom is -0.497 e. The fourth-order valence-corrected chi connectivity index (χ4v) is 4.03. The lowest BCUT2D eigenvalue weighted by Gasteiger charge is -2.37. The number of halogens is 1. The molecule has 6 heteroatoms. The first-order valence-electron chi connectivity index (χ1n) is 8.94. The minimum absolute atomic E-state index is 0. The van der Waals surface area contributed by atoms with Crippen LogP contribution in [-0.2, 0) is 4.79 Å². The van der Waals surface area contributed by atoms with Gasteiger partial charge in [0.25, 0.3) is 0 Å². The van der Waals surface area contributed by atoms with Crippen LogP contribution in [0, 0.1) is 11.3 Å². The second kappa shape index (κ2) is 8.77. The summed E-state index contributed by atoms with van der Waals surface area (Å²) >= 11 is 0. The number of benzene rings is 1. The number of hydrogen-bond donors (Lipinski definition) is 2. The van der Waals surface area contributed by atoms with E-state index >= 15 is 0 Å². The van der Waals surface area contributed by atoms with Crippen LogP contribution in [0.25, 0.3) is 0 Å². The van der Waals surface area contributed by atoms with Crippen molar-refractivity contribution in [2.24, 2.45) is 11.3 Å². The van der Waals surface area contributed by atoms with Crippen molar-refractivity contribution >= 4 is 18.3 Å². The van der Waals surface area contributed by atoms with Crippen LogP contribution in [0.5, 0.6) is 11.5 Å². The highest BCUT2D eigenvalue weighted by atomic mass is 35.5. The number of methoxy groups -OCH3 is 1. The lowest BCUT2D eigenvalue weighted by molar-refractivity contribution is -0.134. The summed E-state index contributed by atoms with van der Waals surface area (Å²) in [6.07, 6.45) is 4.50. The van der Waals surface area contributed by atoms with Crippen LogP contribution in [0.3, 0.4) is 0 Å². The zero-order valence-electron chi connectivity index (χ0n) is 15.0. The Hall–Kier alpha value is -1.46. The second-order valence-corrected chi connectivity index (χ2v) is 7.04. The number of ether oxygens (including phenoxy) is 2. The van der Waals surface area contributed by atoms with Crippen molar-refractivity contribution in [3.05, 3.63) is 24.3 Å². The normalized spacial score (nSPS) is 26.1. The third-order valence-corrected chi connectivity index (χ3v) is 5.44. The molecule has 5 nitrogen and oxygen atoms in total. The molecule has 0 spiro atoms. The van der Waals surface area contributed by atoms with Gasteiger partial charge in [-0.05, 0) is 56.5 Å². The molecule has 3 atom stereocenters. The van der Waals surface area contributed by atoms with Crippen LogP contribution in [0.15, 0.2) is 24.3 Å². The molecule has 1 amide bonds. The zero-order chi connectivity index (χ0) is 17.0. The van der Waals surface area contributed by atoms with Crippen molar-refractivity contribution in [1.29, 1.82) is 0 Å². The van der Waals surface area contributed by atoms with Crippen molar-refractivity contribution < 1.29 is 14.3 Å². The van der Waals surface area contributed by atoms with Crippen LogP contribution >= 0.6 is 12.4 Å². The predicted octanol–water partition coefficient (Wildman–Crippen LogP) is 2.78. The number of fused-ring (bicyclic) bond motifs is 1. The molecule has 0 bridgehead atoms. The first-order chi connectivity index (χ1) is 11.6. The number of carbonyl (C=O) groups excluding carboxylic acids is 1. The van der Waals surface area contributed by atoms with Gasteiger partial charge in [0.1, 0.15) is 17.6 Å². The summed E-state index contributed by atoms with van der Waals surface area (Å²) in [5.41, 5.74) is -0.196. The smallest absolute Gasteiger partial charge is 0.227 e. The Bertz CT molecular complexity index is 566. The quantitative estimate of drug-likeness (QED) is 0.810. The molecule has 25 heavy (non-hydrogen) atoms. The fraction of sp³-hybridized carbons (Fsp3) is 0.632. The Labute approximate surface area is 156 Å². The highest BCUT2D eigenvalue weighted by Gasteiger charge is 2.49. The fourth-order valence-electron chi connectivity index (χ4n) is 4.03. The van der Waals surface area contributed by atoms with Gasteiger partial charge in [-0.1, -0.05) is 12.8 Å². The molecule has 1 aromatic carbocycles. The molecule has 1 saturated carbocycles. The molecule has 2 N–H and O–H groups in total. The maximum atomic E-state index is 12.8. The summed E-state index contributed by atoms with van der Waals surface area (Å²) < 4.78 is 11.0. The van der Waals surface area contributed by atoms with Gasteiger partial charge in [0, 0.05) is 6.54 Å². The molecule has 0 aromatic heterocycles. The molecule has 2 fully saturated rings. The molecule has 140 valence electrons. The molecule has 1 saturated heterocycles. The Morgan fingerprint density at radius 3 is 2.76 bits per heavy atom. The zero-order valence-corrected chi connectivity index (χ0v) is 15.9. The van der Waals surface area contributed by atoms with Gasteiger partial charge in [0.2, 0.25) is 5.91 Å². The molecule has 2 aliphatic rings. The topological polar surface area (TPSA) is 59.6 Å². The highest BCUT2D eigenvalue weighted by Crippen LogP contribution is 2.43. The van der Waals surface area contributed by atoms with Gasteiger partial charge in [-0.2, -0.15) is 0 Å². The maximum absolute atomic E-state index is 12.8. The first-order valence-corrected chi connectivity index (χ1v) is 8.94. The van der Waals surface area contributed by atoms with E-state index in [4.69, 9.17) is 9.47 Å². The summed E-state index contributed by atoms with van der Waals surface area (Å²) in [6, 6.07) is 7.51. The largest absolute Gasteiger partial charge is 0.497 e. The molecule has 0 radical (unpaired) electrons. The van der Waals surface area contributed by atoms with Crippen LogP contribution in [-0.4, -0.2) is 38.8 Å². The van der Waals surface area contributed by atoms with Gasteiger partial charge < -0.3 is 20.1 Å². The second-order valence-electron chi connectivity index (χ2n) is 7.04. The number of rotatable bonds is 6. The van der Waals surface area contributed by atoms with Crippen molar-refractivity contribution in [3.8, 4) is 11.5 Å². The molecular weight excluding hydrogens is 340 g/mol. The standard InChI is InChI=1S/C19H28N2O3.ClH/c1-14(24-17-8-6-16(23-2)7-9-17)11-21-18(22)19-10-4-3-5-15(19)12-20-13-19;/h6-9,14-15,20H,3-5,10-13H2,1-2H3,(H,21,22);1H/t14?,15-,19+;/m0./s1. The van der Waals surface area contributed by atoms with Gasteiger partial charge >= 0.3 is 0 Å². The van der Waals surface area contributed by atoms with E-state index in [2.05, 4.69) is 10.6 Å². The molecular formula is C19H29ClN2O3. The molecule has 1 heterocycles. The highest BCUT2D eigenvalue weighted by molar-refractivity contribution is 5.85. The van der Waals surface area contributed by atoms with E-state index in [1.807, 2.05) is 31.2 Å². The summed E-state index contributed by atoms with van der Waals surface area (Å²) in [5, 5.41) is 6.55. The first kappa shape index (κ1) is 19.9. The van der Waals surface area contributed by atoms with Gasteiger partial charge in [-0.3, -0.25) is 4.79 Å². The van der Waals surface area contributed by atoms with E-state index in [0.717, 1.165) is 37.4 Å². The number of nitrogens with one attached hydrogen (secondary N) is 2. The van der Waals surface area contributed by atoms with Gasteiger partial charge in [0.05, 0.1) is 19.1 Å². The third kappa shape index (κ3) is 4.39. The van der Waals surface area contributed by atoms with Crippen LogP contribution in [0.4, 0.5) is 0 Å². The van der Waals surface area contributed by atoms with E-state index in [-0.39, 0.29) is 29.8 Å². The van der Waals surface area contributed by atoms with Gasteiger partial charge in [-0.25, -0.2) is 0 Å². The average molecular weight is 369 g/mol. The number of amides is 1. The predicted molar refractivity (Wildman–Crippen MR) is 101 cm³/mol. The maximum Gasteiger partial charge on any atom is 0.227 e. The number of hydrogen-bond acceptors (Lipinski definition) is 4. The molecule has 1 aliphatic carbocycles. The van der Waals surface area contributed by atoms with Crippen molar-refractivity contribution in [1.82, 2.24) is 10.6 Å². The summed E-state index contributed by atoms with van der Waals surface area (Å²) in [4.78, 5) is 12.8. The van der Waals surface area contributed by atoms with Crippen LogP contribution in [0.1, 0.15) is 32.6 Å². The molecule has 1 unspecified atom stereocenters. The van der Waals surface area contributed by atoms with E-state index < -0.39 is 0 Å². The van der Waals surface area contributed by atoms with Gasteiger partial charge in [-0.15, -0.1) is 12.4 Å². The van der Waals surface area contributed by atoms with E-state index in [0.29, 0.717) is 12.5 Å². The monoisotopic (exact) mass is 368 g/mol. The Balaban J connectivity index is 0.00000225. The van der Waals surface area contributed by atoms with Crippen molar-refractivity contribution in [2.75, 3.05) is 26.7 Å². The van der Waals surface area contributed by atoms with Crippen LogP contribution < -0.4 is 20.1 Å². The summed E-state index contributed by atoms with van der Waals surface area (Å²) in [7, 11) is 1.64. The Morgan fingerprint density at radius 2 is 2.04 bits per heavy atom. The SMILES string of the molecule is COc1ccc(OC(C)CNC(=O)[C@@]23CCCC[C@H]2CNC3)cc1.Cl. The lowest BCUT2D eigenvalue weighted by atomic mass is 9.67. The van der Waals surface area contributed by atoms with Crippen LogP contribution in [0.2, 0.25) is 0 Å².